The predicted octanol–water partition coefficient (Wildman–Crippen LogP) is 0.896. The Labute approximate surface area is 65.9 Å². The van der Waals surface area contributed by atoms with Crippen molar-refractivity contribution in [2.75, 3.05) is 13.6 Å². The van der Waals surface area contributed by atoms with Crippen LogP contribution in [0.5, 0.6) is 0 Å². The summed E-state index contributed by atoms with van der Waals surface area (Å²) in [6.07, 6.45) is 5.83. The van der Waals surface area contributed by atoms with Crippen LogP contribution in [0.2, 0.25) is 0 Å². The van der Waals surface area contributed by atoms with Gasteiger partial charge in [0.05, 0.1) is 0 Å². The SMILES string of the molecule is CN1C=C(CN)C=CC1Cl. The van der Waals surface area contributed by atoms with Gasteiger partial charge >= 0.3 is 0 Å². The van der Waals surface area contributed by atoms with Crippen molar-refractivity contribution < 1.29 is 0 Å². The summed E-state index contributed by atoms with van der Waals surface area (Å²) in [5, 5.41) is 0. The van der Waals surface area contributed by atoms with Crippen molar-refractivity contribution in [2.24, 2.45) is 5.73 Å². The lowest BCUT2D eigenvalue weighted by atomic mass is 10.2. The van der Waals surface area contributed by atoms with Crippen LogP contribution in [0.1, 0.15) is 0 Å². The smallest absolute Gasteiger partial charge is 0.122 e. The molecule has 10 heavy (non-hydrogen) atoms. The van der Waals surface area contributed by atoms with Crippen molar-refractivity contribution in [1.29, 1.82) is 0 Å². The second-order valence-electron chi connectivity index (χ2n) is 2.31. The zero-order valence-corrected chi connectivity index (χ0v) is 6.67. The van der Waals surface area contributed by atoms with E-state index in [0.717, 1.165) is 5.57 Å². The maximum absolute atomic E-state index is 5.84. The molecule has 1 atom stereocenters. The van der Waals surface area contributed by atoms with Gasteiger partial charge in [-0.1, -0.05) is 17.7 Å². The van der Waals surface area contributed by atoms with Gasteiger partial charge in [-0.3, -0.25) is 0 Å². The van der Waals surface area contributed by atoms with Gasteiger partial charge in [0.1, 0.15) is 5.50 Å². The van der Waals surface area contributed by atoms with E-state index in [1.54, 1.807) is 0 Å². The van der Waals surface area contributed by atoms with Crippen LogP contribution in [0.25, 0.3) is 0 Å². The normalized spacial score (nSPS) is 24.9. The van der Waals surface area contributed by atoms with Crippen molar-refractivity contribution in [3.63, 3.8) is 0 Å². The lowest BCUT2D eigenvalue weighted by Gasteiger charge is -2.22. The molecule has 2 N–H and O–H groups in total. The standard InChI is InChI=1S/C7H11ClN2/c1-10-5-6(4-9)2-3-7(10)8/h2-3,5,7H,4,9H2,1H3. The number of hydrogen-bond donors (Lipinski definition) is 1. The number of hydrogen-bond acceptors (Lipinski definition) is 2. The second kappa shape index (κ2) is 3.08. The molecule has 0 aliphatic carbocycles. The number of nitrogens with two attached hydrogens (primary N) is 1. The summed E-state index contributed by atoms with van der Waals surface area (Å²) in [6.45, 7) is 0.574. The van der Waals surface area contributed by atoms with E-state index in [1.165, 1.54) is 0 Å². The van der Waals surface area contributed by atoms with Crippen molar-refractivity contribution >= 4 is 11.6 Å². The third-order valence-corrected chi connectivity index (χ3v) is 1.92. The van der Waals surface area contributed by atoms with Crippen LogP contribution in [0.4, 0.5) is 0 Å². The monoisotopic (exact) mass is 158 g/mol. The predicted molar refractivity (Wildman–Crippen MR) is 43.7 cm³/mol. The second-order valence-corrected chi connectivity index (χ2v) is 2.75. The van der Waals surface area contributed by atoms with Crippen LogP contribution >= 0.6 is 11.6 Å². The summed E-state index contributed by atoms with van der Waals surface area (Å²) < 4.78 is 0. The highest BCUT2D eigenvalue weighted by atomic mass is 35.5. The summed E-state index contributed by atoms with van der Waals surface area (Å²) in [4.78, 5) is 1.92. The molecule has 0 spiro atoms. The van der Waals surface area contributed by atoms with Crippen LogP contribution in [0.3, 0.4) is 0 Å². The molecule has 0 amide bonds. The highest BCUT2D eigenvalue weighted by Gasteiger charge is 2.08. The summed E-state index contributed by atoms with van der Waals surface area (Å²) >= 11 is 5.84. The molecule has 56 valence electrons. The fourth-order valence-electron chi connectivity index (χ4n) is 0.835. The first-order valence-corrected chi connectivity index (χ1v) is 3.62. The van der Waals surface area contributed by atoms with Crippen molar-refractivity contribution in [3.8, 4) is 0 Å². The fourth-order valence-corrected chi connectivity index (χ4v) is 0.964. The molecular weight excluding hydrogens is 148 g/mol. The topological polar surface area (TPSA) is 29.3 Å². The van der Waals surface area contributed by atoms with E-state index in [0.29, 0.717) is 6.54 Å². The first-order chi connectivity index (χ1) is 4.74. The number of rotatable bonds is 1. The third-order valence-electron chi connectivity index (χ3n) is 1.46. The Morgan fingerprint density at radius 1 is 1.80 bits per heavy atom. The molecule has 1 rings (SSSR count). The molecule has 1 heterocycles. The van der Waals surface area contributed by atoms with E-state index < -0.39 is 0 Å². The van der Waals surface area contributed by atoms with Crippen LogP contribution in [-0.2, 0) is 0 Å². The van der Waals surface area contributed by atoms with E-state index in [1.807, 2.05) is 30.3 Å². The van der Waals surface area contributed by atoms with Gasteiger partial charge in [0.25, 0.3) is 0 Å². The lowest BCUT2D eigenvalue weighted by molar-refractivity contribution is 0.462. The minimum Gasteiger partial charge on any atom is -0.361 e. The largest absolute Gasteiger partial charge is 0.361 e. The van der Waals surface area contributed by atoms with Gasteiger partial charge in [0.2, 0.25) is 0 Å². The maximum atomic E-state index is 5.84. The molecule has 1 aliphatic rings. The molecule has 0 saturated carbocycles. The number of alkyl halides is 1. The first kappa shape index (κ1) is 7.63. The van der Waals surface area contributed by atoms with Gasteiger partial charge in [-0.15, -0.1) is 0 Å². The Morgan fingerprint density at radius 2 is 2.50 bits per heavy atom. The number of halogens is 1. The molecule has 0 saturated heterocycles. The van der Waals surface area contributed by atoms with Crippen LogP contribution in [0, 0.1) is 0 Å². The number of likely N-dealkylation sites (N-methyl/N-ethyl adjacent to an activating group) is 1. The van der Waals surface area contributed by atoms with E-state index >= 15 is 0 Å². The van der Waals surface area contributed by atoms with Gasteiger partial charge in [-0.25, -0.2) is 0 Å². The minimum atomic E-state index is -0.0182. The molecule has 0 fully saturated rings. The van der Waals surface area contributed by atoms with Crippen LogP contribution in [-0.4, -0.2) is 24.0 Å². The zero-order valence-electron chi connectivity index (χ0n) is 5.92. The molecule has 1 aliphatic heterocycles. The summed E-state index contributed by atoms with van der Waals surface area (Å²) in [7, 11) is 1.93. The zero-order chi connectivity index (χ0) is 7.56. The lowest BCUT2D eigenvalue weighted by Crippen LogP contribution is -2.23. The average Bonchev–Trinajstić information content (AvgIpc) is 1.95. The molecule has 0 aromatic carbocycles. The van der Waals surface area contributed by atoms with Gasteiger partial charge < -0.3 is 10.6 Å². The molecule has 3 heteroatoms. The van der Waals surface area contributed by atoms with E-state index in [4.69, 9.17) is 17.3 Å². The third kappa shape index (κ3) is 1.52. The van der Waals surface area contributed by atoms with E-state index in [9.17, 15) is 0 Å². The quantitative estimate of drug-likeness (QED) is 0.454. The van der Waals surface area contributed by atoms with Crippen LogP contribution in [0.15, 0.2) is 23.9 Å². The van der Waals surface area contributed by atoms with Gasteiger partial charge in [0.15, 0.2) is 0 Å². The van der Waals surface area contributed by atoms with Gasteiger partial charge in [-0.05, 0) is 11.6 Å². The molecule has 1 unspecified atom stereocenters. The molecule has 0 radical (unpaired) electrons. The Hall–Kier alpha value is -0.470. The highest BCUT2D eigenvalue weighted by Crippen LogP contribution is 2.13. The molecular formula is C7H11ClN2. The molecule has 0 bridgehead atoms. The van der Waals surface area contributed by atoms with Crippen molar-refractivity contribution in [1.82, 2.24) is 4.90 Å². The summed E-state index contributed by atoms with van der Waals surface area (Å²) in [5.41, 5.74) is 6.51. The Bertz CT molecular complexity index is 174. The fraction of sp³-hybridized carbons (Fsp3) is 0.429. The van der Waals surface area contributed by atoms with Gasteiger partial charge in [-0.2, -0.15) is 0 Å². The Balaban J connectivity index is 2.66. The average molecular weight is 159 g/mol. The van der Waals surface area contributed by atoms with E-state index in [-0.39, 0.29) is 5.50 Å². The Morgan fingerprint density at radius 3 is 3.00 bits per heavy atom. The highest BCUT2D eigenvalue weighted by molar-refractivity contribution is 6.21. The van der Waals surface area contributed by atoms with E-state index in [2.05, 4.69) is 0 Å². The summed E-state index contributed by atoms with van der Waals surface area (Å²) in [5.74, 6) is 0. The molecule has 2 nitrogen and oxygen atoms in total. The minimum absolute atomic E-state index is 0.0182. The molecule has 0 aromatic heterocycles. The summed E-state index contributed by atoms with van der Waals surface area (Å²) in [6, 6.07) is 0. The van der Waals surface area contributed by atoms with Crippen molar-refractivity contribution in [3.05, 3.63) is 23.9 Å². The first-order valence-electron chi connectivity index (χ1n) is 3.19. The Kier molecular flexibility index (Phi) is 2.35. The molecule has 0 aromatic rings. The maximum Gasteiger partial charge on any atom is 0.122 e. The van der Waals surface area contributed by atoms with Crippen molar-refractivity contribution in [2.45, 2.75) is 5.50 Å². The van der Waals surface area contributed by atoms with Gasteiger partial charge in [0, 0.05) is 19.8 Å². The number of nitrogens with zero attached hydrogens (tertiary/aromatic N) is 1. The van der Waals surface area contributed by atoms with Crippen LogP contribution < -0.4 is 5.73 Å².